The zero-order valence-corrected chi connectivity index (χ0v) is 17.3. The topological polar surface area (TPSA) is 99.0 Å². The van der Waals surface area contributed by atoms with Crippen molar-refractivity contribution in [3.8, 4) is 22.9 Å². The van der Waals surface area contributed by atoms with Gasteiger partial charge in [0.25, 0.3) is 0 Å². The van der Waals surface area contributed by atoms with Gasteiger partial charge in [-0.25, -0.2) is 4.79 Å². The van der Waals surface area contributed by atoms with E-state index in [1.807, 2.05) is 24.3 Å². The van der Waals surface area contributed by atoms with Gasteiger partial charge in [-0.05, 0) is 29.8 Å². The van der Waals surface area contributed by atoms with Gasteiger partial charge in [0, 0.05) is 24.6 Å². The molecule has 0 aliphatic carbocycles. The van der Waals surface area contributed by atoms with Crippen LogP contribution in [0.2, 0.25) is 0 Å². The second-order valence-electron chi connectivity index (χ2n) is 7.09. The Balaban J connectivity index is 1.98. The molecule has 0 bridgehead atoms. The van der Waals surface area contributed by atoms with E-state index < -0.39 is 5.97 Å². The fourth-order valence-electron chi connectivity index (χ4n) is 3.93. The molecule has 160 valence electrons. The van der Waals surface area contributed by atoms with E-state index >= 15 is 0 Å². The minimum absolute atomic E-state index is 0.00596. The monoisotopic (exact) mass is 422 g/mol. The number of anilines is 1. The van der Waals surface area contributed by atoms with E-state index in [1.54, 1.807) is 44.1 Å². The smallest absolute Gasteiger partial charge is 0.339 e. The molecule has 0 saturated carbocycles. The highest BCUT2D eigenvalue weighted by atomic mass is 16.5. The van der Waals surface area contributed by atoms with Gasteiger partial charge in [-0.15, -0.1) is 0 Å². The van der Waals surface area contributed by atoms with Gasteiger partial charge < -0.3 is 29.2 Å². The highest BCUT2D eigenvalue weighted by molar-refractivity contribution is 6.04. The molecule has 2 heterocycles. The van der Waals surface area contributed by atoms with Crippen molar-refractivity contribution >= 4 is 17.6 Å². The molecule has 8 nitrogen and oxygen atoms in total. The molecule has 1 aliphatic rings. The minimum atomic E-state index is -1.13. The number of carboxylic acids is 1. The number of amides is 1. The molecule has 0 unspecified atom stereocenters. The third kappa shape index (κ3) is 3.56. The number of nitrogens with zero attached hydrogens (tertiary/aromatic N) is 1. The van der Waals surface area contributed by atoms with Gasteiger partial charge in [-0.2, -0.15) is 0 Å². The molecule has 1 atom stereocenters. The summed E-state index contributed by atoms with van der Waals surface area (Å²) in [5.41, 5.74) is 2.44. The predicted octanol–water partition coefficient (Wildman–Crippen LogP) is 3.68. The van der Waals surface area contributed by atoms with Crippen molar-refractivity contribution < 1.29 is 28.9 Å². The summed E-state index contributed by atoms with van der Waals surface area (Å²) in [5, 5.41) is 12.6. The summed E-state index contributed by atoms with van der Waals surface area (Å²) in [4.78, 5) is 24.5. The lowest BCUT2D eigenvalue weighted by molar-refractivity contribution is -0.116. The molecule has 0 fully saturated rings. The van der Waals surface area contributed by atoms with E-state index in [9.17, 15) is 14.7 Å². The van der Waals surface area contributed by atoms with Gasteiger partial charge in [0.2, 0.25) is 5.91 Å². The summed E-state index contributed by atoms with van der Waals surface area (Å²) in [6.45, 7) is 0. The van der Waals surface area contributed by atoms with E-state index in [4.69, 9.17) is 14.2 Å². The van der Waals surface area contributed by atoms with Gasteiger partial charge in [0.1, 0.15) is 22.8 Å². The van der Waals surface area contributed by atoms with Gasteiger partial charge in [0.15, 0.2) is 0 Å². The molecule has 4 rings (SSSR count). The van der Waals surface area contributed by atoms with Crippen LogP contribution in [0.3, 0.4) is 0 Å². The van der Waals surface area contributed by atoms with E-state index in [0.29, 0.717) is 28.6 Å². The number of hydrogen-bond donors (Lipinski definition) is 2. The summed E-state index contributed by atoms with van der Waals surface area (Å²) in [6, 6.07) is 12.7. The highest BCUT2D eigenvalue weighted by Gasteiger charge is 2.35. The molecular weight excluding hydrogens is 400 g/mol. The maximum Gasteiger partial charge on any atom is 0.339 e. The number of nitrogens with one attached hydrogen (secondary N) is 1. The standard InChI is InChI=1S/C23H22N2O6/c1-29-14-6-4-13(5-7-14)16-11-20(26)24-21-17(23(27)28)12-25(22(16)21)18-10-15(30-2)8-9-19(18)31-3/h4-10,12,16H,11H2,1-3H3,(H,24,26)(H,27,28)/t16-/m0/s1. The minimum Gasteiger partial charge on any atom is -0.497 e. The van der Waals surface area contributed by atoms with Crippen molar-refractivity contribution in [3.63, 3.8) is 0 Å². The largest absolute Gasteiger partial charge is 0.497 e. The molecule has 31 heavy (non-hydrogen) atoms. The molecule has 0 spiro atoms. The van der Waals surface area contributed by atoms with Crippen molar-refractivity contribution in [2.24, 2.45) is 0 Å². The van der Waals surface area contributed by atoms with Crippen LogP contribution in [0.15, 0.2) is 48.7 Å². The Labute approximate surface area is 179 Å². The second kappa shape index (κ2) is 8.06. The maximum absolute atomic E-state index is 12.5. The summed E-state index contributed by atoms with van der Waals surface area (Å²) in [7, 11) is 4.68. The number of fused-ring (bicyclic) bond motifs is 1. The third-order valence-electron chi connectivity index (χ3n) is 5.42. The Morgan fingerprint density at radius 3 is 2.32 bits per heavy atom. The van der Waals surface area contributed by atoms with Crippen molar-refractivity contribution in [1.82, 2.24) is 4.57 Å². The van der Waals surface area contributed by atoms with Gasteiger partial charge in [-0.3, -0.25) is 4.79 Å². The second-order valence-corrected chi connectivity index (χ2v) is 7.09. The Morgan fingerprint density at radius 1 is 1.03 bits per heavy atom. The fourth-order valence-corrected chi connectivity index (χ4v) is 3.93. The number of carbonyl (C=O) groups is 2. The van der Waals surface area contributed by atoms with Crippen molar-refractivity contribution in [3.05, 3.63) is 65.5 Å². The lowest BCUT2D eigenvalue weighted by Crippen LogP contribution is -2.25. The lowest BCUT2D eigenvalue weighted by Gasteiger charge is -2.27. The first-order valence-electron chi connectivity index (χ1n) is 9.61. The maximum atomic E-state index is 12.5. The SMILES string of the molecule is COc1ccc([C@@H]2CC(=O)Nc3c(C(=O)O)cn(-c4cc(OC)ccc4OC)c32)cc1. The molecule has 3 aromatic rings. The average Bonchev–Trinajstić information content (AvgIpc) is 3.17. The first-order chi connectivity index (χ1) is 15.0. The van der Waals surface area contributed by atoms with Crippen molar-refractivity contribution in [2.45, 2.75) is 12.3 Å². The number of aromatic carboxylic acids is 1. The van der Waals surface area contributed by atoms with Crippen molar-refractivity contribution in [1.29, 1.82) is 0 Å². The van der Waals surface area contributed by atoms with E-state index in [1.165, 1.54) is 6.20 Å². The number of benzene rings is 2. The van der Waals surface area contributed by atoms with Crippen LogP contribution in [0.25, 0.3) is 5.69 Å². The molecule has 2 N–H and O–H groups in total. The number of aromatic nitrogens is 1. The molecule has 1 aromatic heterocycles. The van der Waals surface area contributed by atoms with Crippen LogP contribution in [0, 0.1) is 0 Å². The van der Waals surface area contributed by atoms with Crippen LogP contribution in [0.5, 0.6) is 17.2 Å². The summed E-state index contributed by atoms with van der Waals surface area (Å²) in [5.74, 6) is 0.0922. The third-order valence-corrected chi connectivity index (χ3v) is 5.42. The molecule has 8 heteroatoms. The number of rotatable bonds is 6. The van der Waals surface area contributed by atoms with Crippen LogP contribution in [-0.4, -0.2) is 42.9 Å². The summed E-state index contributed by atoms with van der Waals surface area (Å²) < 4.78 is 17.9. The number of methoxy groups -OCH3 is 3. The van der Waals surface area contributed by atoms with Crippen LogP contribution in [-0.2, 0) is 4.79 Å². The molecule has 1 aliphatic heterocycles. The van der Waals surface area contributed by atoms with Crippen molar-refractivity contribution in [2.75, 3.05) is 26.6 Å². The lowest BCUT2D eigenvalue weighted by atomic mass is 9.88. The van der Waals surface area contributed by atoms with E-state index in [2.05, 4.69) is 5.32 Å². The number of carbonyl (C=O) groups excluding carboxylic acids is 1. The summed E-state index contributed by atoms with van der Waals surface area (Å²) in [6.07, 6.45) is 1.68. The van der Waals surface area contributed by atoms with Gasteiger partial charge in [0.05, 0.1) is 38.4 Å². The Bertz CT molecular complexity index is 1150. The normalized spacial score (nSPS) is 15.1. The number of hydrogen-bond acceptors (Lipinski definition) is 5. The van der Waals surface area contributed by atoms with E-state index in [-0.39, 0.29) is 29.5 Å². The molecule has 1 amide bonds. The van der Waals surface area contributed by atoms with Crippen LogP contribution in [0.1, 0.15) is 34.0 Å². The predicted molar refractivity (Wildman–Crippen MR) is 114 cm³/mol. The molecule has 2 aromatic carbocycles. The number of ether oxygens (including phenoxy) is 3. The van der Waals surface area contributed by atoms with Gasteiger partial charge in [-0.1, -0.05) is 12.1 Å². The van der Waals surface area contributed by atoms with Gasteiger partial charge >= 0.3 is 5.97 Å². The quantitative estimate of drug-likeness (QED) is 0.629. The Hall–Kier alpha value is -3.94. The number of carboxylic acid groups (broad SMARTS) is 1. The average molecular weight is 422 g/mol. The molecule has 0 saturated heterocycles. The first kappa shape index (κ1) is 20.3. The molecule has 0 radical (unpaired) electrons. The zero-order valence-electron chi connectivity index (χ0n) is 17.3. The highest BCUT2D eigenvalue weighted by Crippen LogP contribution is 2.43. The first-order valence-corrected chi connectivity index (χ1v) is 9.61. The summed E-state index contributed by atoms with van der Waals surface area (Å²) >= 11 is 0. The van der Waals surface area contributed by atoms with Crippen LogP contribution < -0.4 is 19.5 Å². The van der Waals surface area contributed by atoms with Crippen LogP contribution >= 0.6 is 0 Å². The zero-order chi connectivity index (χ0) is 22.1. The Kier molecular flexibility index (Phi) is 5.29. The Morgan fingerprint density at radius 2 is 1.71 bits per heavy atom. The van der Waals surface area contributed by atoms with E-state index in [0.717, 1.165) is 5.56 Å². The van der Waals surface area contributed by atoms with Crippen LogP contribution in [0.4, 0.5) is 5.69 Å². The fraction of sp³-hybridized carbons (Fsp3) is 0.217. The molecular formula is C23H22N2O6.